The van der Waals surface area contributed by atoms with Crippen molar-refractivity contribution in [2.24, 2.45) is 0 Å². The van der Waals surface area contributed by atoms with Crippen molar-refractivity contribution in [3.8, 4) is 0 Å². The molecule has 0 aromatic heterocycles. The zero-order valence-corrected chi connectivity index (χ0v) is 18.8. The molecule has 0 radical (unpaired) electrons. The first kappa shape index (κ1) is 22.8. The fourth-order valence-corrected chi connectivity index (χ4v) is 4.01. The molecule has 8 heteroatoms. The summed E-state index contributed by atoms with van der Waals surface area (Å²) in [6.45, 7) is 0.568. The predicted molar refractivity (Wildman–Crippen MR) is 118 cm³/mol. The number of benzene rings is 2. The number of rotatable bonds is 7. The van der Waals surface area contributed by atoms with Crippen molar-refractivity contribution in [2.45, 2.75) is 38.0 Å². The van der Waals surface area contributed by atoms with Crippen LogP contribution in [-0.2, 0) is 32.1 Å². The predicted octanol–water partition coefficient (Wildman–Crippen LogP) is 3.45. The molecule has 0 aliphatic carbocycles. The van der Waals surface area contributed by atoms with Gasteiger partial charge in [0.05, 0.1) is 7.11 Å². The standard InChI is InChI=1S/C23H25BrN2O5/c1-30-22(28)19(14-17-9-5-10-18(24)13-17)25-21(27)20-11-6-12-26(20)23(29)31-15-16-7-3-2-4-8-16/h2-5,7-10,13,19-20H,6,11-12,14-15H2,1H3,(H,25,27)/t19-,20-/m1/s1. The summed E-state index contributed by atoms with van der Waals surface area (Å²) in [5.41, 5.74) is 1.74. The van der Waals surface area contributed by atoms with Crippen molar-refractivity contribution in [1.82, 2.24) is 10.2 Å². The van der Waals surface area contributed by atoms with E-state index in [0.717, 1.165) is 15.6 Å². The van der Waals surface area contributed by atoms with E-state index in [1.807, 2.05) is 54.6 Å². The molecule has 0 spiro atoms. The Morgan fingerprint density at radius 3 is 2.58 bits per heavy atom. The molecule has 31 heavy (non-hydrogen) atoms. The van der Waals surface area contributed by atoms with Gasteiger partial charge in [-0.05, 0) is 36.1 Å². The van der Waals surface area contributed by atoms with Crippen LogP contribution in [0.15, 0.2) is 59.1 Å². The van der Waals surface area contributed by atoms with E-state index in [1.54, 1.807) is 0 Å². The third-order valence-electron chi connectivity index (χ3n) is 5.13. The van der Waals surface area contributed by atoms with E-state index in [0.29, 0.717) is 19.4 Å². The van der Waals surface area contributed by atoms with Crippen LogP contribution in [0.25, 0.3) is 0 Å². The Morgan fingerprint density at radius 2 is 1.87 bits per heavy atom. The molecular weight excluding hydrogens is 464 g/mol. The van der Waals surface area contributed by atoms with Crippen LogP contribution in [0.4, 0.5) is 4.79 Å². The van der Waals surface area contributed by atoms with E-state index in [4.69, 9.17) is 9.47 Å². The first-order valence-corrected chi connectivity index (χ1v) is 10.9. The third-order valence-corrected chi connectivity index (χ3v) is 5.62. The molecule has 164 valence electrons. The van der Waals surface area contributed by atoms with Gasteiger partial charge in [-0.25, -0.2) is 9.59 Å². The number of nitrogens with one attached hydrogen (secondary N) is 1. The Labute approximate surface area is 189 Å². The number of ether oxygens (including phenoxy) is 2. The summed E-state index contributed by atoms with van der Waals surface area (Å²) in [5, 5.41) is 2.76. The largest absolute Gasteiger partial charge is 0.467 e. The topological polar surface area (TPSA) is 84.9 Å². The number of hydrogen-bond donors (Lipinski definition) is 1. The smallest absolute Gasteiger partial charge is 0.410 e. The molecule has 1 fully saturated rings. The zero-order chi connectivity index (χ0) is 22.2. The number of amides is 2. The highest BCUT2D eigenvalue weighted by molar-refractivity contribution is 9.10. The highest BCUT2D eigenvalue weighted by Crippen LogP contribution is 2.20. The van der Waals surface area contributed by atoms with Gasteiger partial charge in [-0.3, -0.25) is 9.69 Å². The maximum atomic E-state index is 12.9. The van der Waals surface area contributed by atoms with Crippen LogP contribution in [0.2, 0.25) is 0 Å². The summed E-state index contributed by atoms with van der Waals surface area (Å²) in [6, 6.07) is 15.3. The second-order valence-electron chi connectivity index (χ2n) is 7.31. The van der Waals surface area contributed by atoms with Gasteiger partial charge in [-0.2, -0.15) is 0 Å². The quantitative estimate of drug-likeness (QED) is 0.603. The number of likely N-dealkylation sites (tertiary alicyclic amines) is 1. The molecule has 1 saturated heterocycles. The Kier molecular flexibility index (Phi) is 8.06. The first-order chi connectivity index (χ1) is 15.0. The molecule has 0 unspecified atom stereocenters. The summed E-state index contributed by atoms with van der Waals surface area (Å²) in [5.74, 6) is -0.927. The van der Waals surface area contributed by atoms with Crippen LogP contribution < -0.4 is 5.32 Å². The van der Waals surface area contributed by atoms with Gasteiger partial charge in [0.1, 0.15) is 18.7 Å². The van der Waals surface area contributed by atoms with Crippen LogP contribution >= 0.6 is 15.9 Å². The molecule has 2 amide bonds. The highest BCUT2D eigenvalue weighted by Gasteiger charge is 2.37. The molecular formula is C23H25BrN2O5. The minimum absolute atomic E-state index is 0.137. The highest BCUT2D eigenvalue weighted by atomic mass is 79.9. The molecule has 1 aliphatic heterocycles. The second-order valence-corrected chi connectivity index (χ2v) is 8.23. The number of nitrogens with zero attached hydrogens (tertiary/aromatic N) is 1. The summed E-state index contributed by atoms with van der Waals surface area (Å²) >= 11 is 3.40. The lowest BCUT2D eigenvalue weighted by Gasteiger charge is -2.25. The van der Waals surface area contributed by atoms with Gasteiger partial charge in [0, 0.05) is 17.4 Å². The summed E-state index contributed by atoms with van der Waals surface area (Å²) < 4.78 is 11.1. The molecule has 1 aliphatic rings. The van der Waals surface area contributed by atoms with Crippen molar-refractivity contribution < 1.29 is 23.9 Å². The van der Waals surface area contributed by atoms with E-state index in [2.05, 4.69) is 21.2 Å². The fourth-order valence-electron chi connectivity index (χ4n) is 3.56. The van der Waals surface area contributed by atoms with E-state index in [-0.39, 0.29) is 18.9 Å². The molecule has 0 saturated carbocycles. The molecule has 2 atom stereocenters. The average Bonchev–Trinajstić information content (AvgIpc) is 3.27. The van der Waals surface area contributed by atoms with Crippen LogP contribution in [0.5, 0.6) is 0 Å². The Balaban J connectivity index is 1.63. The lowest BCUT2D eigenvalue weighted by molar-refractivity contribution is -0.145. The summed E-state index contributed by atoms with van der Waals surface area (Å²) in [4.78, 5) is 39.2. The maximum Gasteiger partial charge on any atom is 0.410 e. The Hall–Kier alpha value is -2.87. The lowest BCUT2D eigenvalue weighted by atomic mass is 10.1. The number of hydrogen-bond acceptors (Lipinski definition) is 5. The second kappa shape index (κ2) is 10.9. The van der Waals surface area contributed by atoms with E-state index in [1.165, 1.54) is 12.0 Å². The lowest BCUT2D eigenvalue weighted by Crippen LogP contribution is -2.51. The van der Waals surface area contributed by atoms with Crippen LogP contribution in [0.1, 0.15) is 24.0 Å². The SMILES string of the molecule is COC(=O)[C@@H](Cc1cccc(Br)c1)NC(=O)[C@H]1CCCN1C(=O)OCc1ccccc1. The summed E-state index contributed by atoms with van der Waals surface area (Å²) in [7, 11) is 1.28. The number of carbonyl (C=O) groups excluding carboxylic acids is 3. The monoisotopic (exact) mass is 488 g/mol. The molecule has 7 nitrogen and oxygen atoms in total. The Morgan fingerprint density at radius 1 is 1.13 bits per heavy atom. The number of carbonyl (C=O) groups is 3. The maximum absolute atomic E-state index is 12.9. The van der Waals surface area contributed by atoms with Gasteiger partial charge < -0.3 is 14.8 Å². The number of esters is 1. The van der Waals surface area contributed by atoms with Crippen molar-refractivity contribution in [2.75, 3.05) is 13.7 Å². The third kappa shape index (κ3) is 6.30. The zero-order valence-electron chi connectivity index (χ0n) is 17.3. The number of methoxy groups -OCH3 is 1. The Bertz CT molecular complexity index is 921. The molecule has 2 aromatic rings. The van der Waals surface area contributed by atoms with E-state index >= 15 is 0 Å². The molecule has 2 aromatic carbocycles. The van der Waals surface area contributed by atoms with Gasteiger partial charge in [0.2, 0.25) is 5.91 Å². The van der Waals surface area contributed by atoms with Gasteiger partial charge in [0.15, 0.2) is 0 Å². The molecule has 1 N–H and O–H groups in total. The van der Waals surface area contributed by atoms with Crippen molar-refractivity contribution in [1.29, 1.82) is 0 Å². The average molecular weight is 489 g/mol. The normalized spacial score (nSPS) is 16.5. The summed E-state index contributed by atoms with van der Waals surface area (Å²) in [6.07, 6.45) is 0.941. The molecule has 1 heterocycles. The number of halogens is 1. The van der Waals surface area contributed by atoms with Crippen molar-refractivity contribution in [3.05, 3.63) is 70.2 Å². The van der Waals surface area contributed by atoms with Gasteiger partial charge in [0.25, 0.3) is 0 Å². The van der Waals surface area contributed by atoms with E-state index in [9.17, 15) is 14.4 Å². The fraction of sp³-hybridized carbons (Fsp3) is 0.348. The van der Waals surface area contributed by atoms with E-state index < -0.39 is 24.1 Å². The molecule has 3 rings (SSSR count). The minimum atomic E-state index is -0.852. The first-order valence-electron chi connectivity index (χ1n) is 10.1. The van der Waals surface area contributed by atoms with Crippen molar-refractivity contribution in [3.63, 3.8) is 0 Å². The van der Waals surface area contributed by atoms with Crippen LogP contribution in [0.3, 0.4) is 0 Å². The van der Waals surface area contributed by atoms with Crippen LogP contribution in [0, 0.1) is 0 Å². The van der Waals surface area contributed by atoms with Gasteiger partial charge in [-0.1, -0.05) is 58.4 Å². The minimum Gasteiger partial charge on any atom is -0.467 e. The van der Waals surface area contributed by atoms with Gasteiger partial charge >= 0.3 is 12.1 Å². The van der Waals surface area contributed by atoms with Crippen molar-refractivity contribution >= 4 is 33.9 Å². The van der Waals surface area contributed by atoms with Crippen LogP contribution in [-0.4, -0.2) is 48.6 Å². The molecule has 0 bridgehead atoms. The van der Waals surface area contributed by atoms with Gasteiger partial charge in [-0.15, -0.1) is 0 Å².